The van der Waals surface area contributed by atoms with Gasteiger partial charge in [0.15, 0.2) is 0 Å². The van der Waals surface area contributed by atoms with Crippen molar-refractivity contribution in [2.24, 2.45) is 11.8 Å². The number of likely N-dealkylation sites (tertiary alicyclic amines) is 1. The zero-order chi connectivity index (χ0) is 32.6. The van der Waals surface area contributed by atoms with Crippen LogP contribution in [-0.2, 0) is 28.7 Å². The Hall–Kier alpha value is -4.28. The molecule has 242 valence electrons. The molecular weight excluding hydrogens is 586 g/mol. The summed E-state index contributed by atoms with van der Waals surface area (Å²) in [5.74, 6) is -3.74. The average Bonchev–Trinajstić information content (AvgIpc) is 3.44. The molecule has 0 aromatic heterocycles. The van der Waals surface area contributed by atoms with E-state index in [-0.39, 0.29) is 37.9 Å². The molecule has 2 saturated heterocycles. The SMILES string of the molecule is CC[C@@H](CO)N1C(=O)[C@@H]2[C@H]3C(=O)O[C@H](c4ccccc4)CNC(=O)CC/C=C\[C@H]3O[C@@]23C=CCN(c2c(C)cccc2C)C(=O)[C@@H]13. The van der Waals surface area contributed by atoms with Gasteiger partial charge in [0.25, 0.3) is 5.91 Å². The summed E-state index contributed by atoms with van der Waals surface area (Å²) in [5, 5.41) is 13.3. The third kappa shape index (κ3) is 5.33. The maximum Gasteiger partial charge on any atom is 0.313 e. The Morgan fingerprint density at radius 3 is 2.43 bits per heavy atom. The third-order valence-electron chi connectivity index (χ3n) is 9.77. The Morgan fingerprint density at radius 2 is 1.74 bits per heavy atom. The lowest BCUT2D eigenvalue weighted by molar-refractivity contribution is -0.160. The van der Waals surface area contributed by atoms with Crippen molar-refractivity contribution in [3.05, 3.63) is 89.5 Å². The first-order valence-electron chi connectivity index (χ1n) is 16.1. The van der Waals surface area contributed by atoms with E-state index >= 15 is 0 Å². The molecule has 2 fully saturated rings. The zero-order valence-electron chi connectivity index (χ0n) is 26.4. The number of aryl methyl sites for hydroxylation is 2. The summed E-state index contributed by atoms with van der Waals surface area (Å²) in [6.07, 6.45) is 6.47. The van der Waals surface area contributed by atoms with Crippen molar-refractivity contribution in [3.8, 4) is 0 Å². The monoisotopic (exact) mass is 627 g/mol. The van der Waals surface area contributed by atoms with Crippen molar-refractivity contribution < 1.29 is 33.8 Å². The average molecular weight is 628 g/mol. The van der Waals surface area contributed by atoms with Gasteiger partial charge < -0.3 is 29.7 Å². The molecule has 4 heterocycles. The van der Waals surface area contributed by atoms with E-state index in [4.69, 9.17) is 9.47 Å². The van der Waals surface area contributed by atoms with Crippen LogP contribution in [0.2, 0.25) is 0 Å². The van der Waals surface area contributed by atoms with Crippen LogP contribution in [0.25, 0.3) is 0 Å². The minimum absolute atomic E-state index is 0.0700. The van der Waals surface area contributed by atoms with Gasteiger partial charge in [0, 0.05) is 18.7 Å². The smallest absolute Gasteiger partial charge is 0.313 e. The second-order valence-corrected chi connectivity index (χ2v) is 12.5. The summed E-state index contributed by atoms with van der Waals surface area (Å²) < 4.78 is 12.9. The summed E-state index contributed by atoms with van der Waals surface area (Å²) >= 11 is 0. The summed E-state index contributed by atoms with van der Waals surface area (Å²) in [5.41, 5.74) is 1.79. The van der Waals surface area contributed by atoms with Crippen LogP contribution in [0.1, 0.15) is 49.0 Å². The van der Waals surface area contributed by atoms with E-state index in [9.17, 15) is 24.3 Å². The number of hydrogen-bond acceptors (Lipinski definition) is 7. The number of ether oxygens (including phenoxy) is 2. The molecule has 0 unspecified atom stereocenters. The van der Waals surface area contributed by atoms with Crippen molar-refractivity contribution in [1.29, 1.82) is 0 Å². The maximum atomic E-state index is 14.8. The molecule has 2 aromatic rings. The molecule has 7 atom stereocenters. The van der Waals surface area contributed by atoms with Crippen molar-refractivity contribution >= 4 is 29.4 Å². The first kappa shape index (κ1) is 31.7. The number of para-hydroxylation sites is 1. The van der Waals surface area contributed by atoms with E-state index in [0.29, 0.717) is 18.4 Å². The van der Waals surface area contributed by atoms with Gasteiger partial charge in [-0.15, -0.1) is 0 Å². The Balaban J connectivity index is 1.47. The molecule has 1 spiro atoms. The fraction of sp³-hybridized carbons (Fsp3) is 0.444. The van der Waals surface area contributed by atoms with Crippen LogP contribution >= 0.6 is 0 Å². The van der Waals surface area contributed by atoms with Gasteiger partial charge in [0.2, 0.25) is 11.8 Å². The van der Waals surface area contributed by atoms with Gasteiger partial charge in [-0.1, -0.05) is 79.8 Å². The van der Waals surface area contributed by atoms with Gasteiger partial charge in [0.05, 0.1) is 31.2 Å². The van der Waals surface area contributed by atoms with Gasteiger partial charge in [0.1, 0.15) is 23.7 Å². The van der Waals surface area contributed by atoms with Gasteiger partial charge in [-0.05, 0) is 43.4 Å². The highest BCUT2D eigenvalue weighted by molar-refractivity contribution is 6.06. The molecule has 3 amide bonds. The maximum absolute atomic E-state index is 14.8. The van der Waals surface area contributed by atoms with E-state index in [1.165, 1.54) is 4.90 Å². The predicted molar refractivity (Wildman–Crippen MR) is 170 cm³/mol. The number of benzene rings is 2. The first-order valence-corrected chi connectivity index (χ1v) is 16.1. The van der Waals surface area contributed by atoms with Gasteiger partial charge in [-0.2, -0.15) is 0 Å². The van der Waals surface area contributed by atoms with Gasteiger partial charge >= 0.3 is 5.97 Å². The van der Waals surface area contributed by atoms with Crippen LogP contribution in [-0.4, -0.2) is 77.2 Å². The standard InChI is InChI=1S/C36H41N3O7/c1-4-25(21-40)39-32-34(43)38(31-22(2)12-10-13-23(31)3)19-11-18-36(32)30(33(39)42)29-26(46-36)16-8-9-17-28(41)37-20-27(45-35(29)44)24-14-6-5-7-15-24/h5-8,10-16,18,25-27,29-30,32,40H,4,9,17,19-21H2,1-3H3,(H,37,41)/b16-8-/t25-,26+,27-,29-,30-,32+,36-/m0/s1. The van der Waals surface area contributed by atoms with Crippen LogP contribution in [0.5, 0.6) is 0 Å². The second-order valence-electron chi connectivity index (χ2n) is 12.5. The molecule has 2 N–H and O–H groups in total. The van der Waals surface area contributed by atoms with Crippen LogP contribution in [0, 0.1) is 25.7 Å². The lowest BCUT2D eigenvalue weighted by Gasteiger charge is -2.38. The number of anilines is 1. The number of aliphatic hydroxyl groups is 1. The van der Waals surface area contributed by atoms with E-state index in [2.05, 4.69) is 5.32 Å². The number of cyclic esters (lactones) is 1. The highest BCUT2D eigenvalue weighted by atomic mass is 16.6. The van der Waals surface area contributed by atoms with Crippen LogP contribution in [0.4, 0.5) is 5.69 Å². The number of allylic oxidation sites excluding steroid dienone is 1. The minimum atomic E-state index is -1.49. The Kier molecular flexibility index (Phi) is 8.85. The summed E-state index contributed by atoms with van der Waals surface area (Å²) in [7, 11) is 0. The number of nitrogens with zero attached hydrogens (tertiary/aromatic N) is 2. The number of fused-ring (bicyclic) bond motifs is 2. The molecule has 10 heteroatoms. The highest BCUT2D eigenvalue weighted by Crippen LogP contribution is 2.54. The second kappa shape index (κ2) is 12.8. The van der Waals surface area contributed by atoms with E-state index < -0.39 is 53.6 Å². The number of esters is 1. The third-order valence-corrected chi connectivity index (χ3v) is 9.77. The zero-order valence-corrected chi connectivity index (χ0v) is 26.4. The quantitative estimate of drug-likeness (QED) is 0.385. The fourth-order valence-corrected chi connectivity index (χ4v) is 7.59. The highest BCUT2D eigenvalue weighted by Gasteiger charge is 2.72. The molecule has 2 aromatic carbocycles. The van der Waals surface area contributed by atoms with Crippen molar-refractivity contribution in [3.63, 3.8) is 0 Å². The number of hydrogen-bond donors (Lipinski definition) is 2. The van der Waals surface area contributed by atoms with Crippen molar-refractivity contribution in [1.82, 2.24) is 10.2 Å². The Bertz CT molecular complexity index is 1550. The number of aliphatic hydroxyl groups excluding tert-OH is 1. The van der Waals surface area contributed by atoms with E-state index in [1.54, 1.807) is 23.1 Å². The lowest BCUT2D eigenvalue weighted by Crippen LogP contribution is -2.58. The topological polar surface area (TPSA) is 125 Å². The molecule has 4 aliphatic rings. The summed E-state index contributed by atoms with van der Waals surface area (Å²) in [4.78, 5) is 59.5. The first-order chi connectivity index (χ1) is 22.2. The predicted octanol–water partition coefficient (Wildman–Crippen LogP) is 3.31. The number of rotatable bonds is 5. The van der Waals surface area contributed by atoms with Crippen molar-refractivity contribution in [2.75, 3.05) is 24.6 Å². The molecule has 10 nitrogen and oxygen atoms in total. The molecule has 0 saturated carbocycles. The molecule has 6 rings (SSSR count). The lowest BCUT2D eigenvalue weighted by atomic mass is 9.77. The van der Waals surface area contributed by atoms with Crippen LogP contribution in [0.15, 0.2) is 72.8 Å². The summed E-state index contributed by atoms with van der Waals surface area (Å²) in [6.45, 7) is 5.70. The molecule has 0 radical (unpaired) electrons. The minimum Gasteiger partial charge on any atom is -0.455 e. The fourth-order valence-electron chi connectivity index (χ4n) is 7.59. The molecule has 46 heavy (non-hydrogen) atoms. The van der Waals surface area contributed by atoms with Crippen LogP contribution < -0.4 is 10.2 Å². The molecule has 0 bridgehead atoms. The van der Waals surface area contributed by atoms with Gasteiger partial charge in [-0.3, -0.25) is 19.2 Å². The largest absolute Gasteiger partial charge is 0.455 e. The number of amides is 3. The Morgan fingerprint density at radius 1 is 1.00 bits per heavy atom. The summed E-state index contributed by atoms with van der Waals surface area (Å²) in [6, 6.07) is 13.2. The van der Waals surface area contributed by atoms with E-state index in [0.717, 1.165) is 16.8 Å². The van der Waals surface area contributed by atoms with E-state index in [1.807, 2.05) is 75.4 Å². The molecular formula is C36H41N3O7. The number of carbonyl (C=O) groups is 4. The Labute approximate surface area is 269 Å². The normalized spacial score (nSPS) is 31.1. The van der Waals surface area contributed by atoms with Crippen molar-refractivity contribution in [2.45, 2.75) is 69.9 Å². The van der Waals surface area contributed by atoms with Crippen LogP contribution in [0.3, 0.4) is 0 Å². The molecule has 4 aliphatic heterocycles. The van der Waals surface area contributed by atoms with Gasteiger partial charge in [-0.25, -0.2) is 0 Å². The number of nitrogens with one attached hydrogen (secondary N) is 1. The number of carbonyl (C=O) groups excluding carboxylic acids is 4. The molecule has 0 aliphatic carbocycles.